The average Bonchev–Trinajstić information content (AvgIpc) is 3.22. The maximum atomic E-state index is 12.4. The van der Waals surface area contributed by atoms with E-state index in [1.165, 1.54) is 5.56 Å². The van der Waals surface area contributed by atoms with Crippen LogP contribution in [0.2, 0.25) is 0 Å². The molecule has 150 valence electrons. The van der Waals surface area contributed by atoms with Crippen molar-refractivity contribution in [2.75, 3.05) is 6.61 Å². The zero-order chi connectivity index (χ0) is 20.2. The van der Waals surface area contributed by atoms with Crippen molar-refractivity contribution in [3.05, 3.63) is 65.5 Å². The first-order chi connectivity index (χ1) is 14.1. The molecule has 0 fully saturated rings. The van der Waals surface area contributed by atoms with Crippen LogP contribution in [0.25, 0.3) is 11.4 Å². The van der Waals surface area contributed by atoms with Crippen molar-refractivity contribution >= 4 is 5.91 Å². The topological polar surface area (TPSA) is 77.2 Å². The number of hydrogen-bond donors (Lipinski definition) is 1. The summed E-state index contributed by atoms with van der Waals surface area (Å²) in [6.45, 7) is 4.92. The number of benzene rings is 2. The van der Waals surface area contributed by atoms with Gasteiger partial charge in [0, 0.05) is 30.4 Å². The molecule has 6 heteroatoms. The summed E-state index contributed by atoms with van der Waals surface area (Å²) in [7, 11) is 0. The van der Waals surface area contributed by atoms with E-state index in [-0.39, 0.29) is 11.9 Å². The van der Waals surface area contributed by atoms with Crippen molar-refractivity contribution < 1.29 is 14.1 Å². The number of aromatic nitrogens is 2. The largest absolute Gasteiger partial charge is 0.493 e. The zero-order valence-corrected chi connectivity index (χ0v) is 16.7. The van der Waals surface area contributed by atoms with E-state index in [4.69, 9.17) is 9.26 Å². The Kier molecular flexibility index (Phi) is 5.60. The van der Waals surface area contributed by atoms with Gasteiger partial charge >= 0.3 is 0 Å². The van der Waals surface area contributed by atoms with E-state index in [0.29, 0.717) is 37.1 Å². The van der Waals surface area contributed by atoms with E-state index < -0.39 is 0 Å². The third-order valence-corrected chi connectivity index (χ3v) is 5.16. The lowest BCUT2D eigenvalue weighted by atomic mass is 10.0. The average molecular weight is 391 g/mol. The number of nitrogens with zero attached hydrogens (tertiary/aromatic N) is 2. The summed E-state index contributed by atoms with van der Waals surface area (Å²) in [4.78, 5) is 16.9. The van der Waals surface area contributed by atoms with Crippen LogP contribution in [0.4, 0.5) is 0 Å². The minimum Gasteiger partial charge on any atom is -0.493 e. The van der Waals surface area contributed by atoms with Crippen molar-refractivity contribution in [3.8, 4) is 17.1 Å². The number of aryl methyl sites for hydroxylation is 1. The molecule has 1 N–H and O–H groups in total. The van der Waals surface area contributed by atoms with Crippen LogP contribution in [0, 0.1) is 0 Å². The Hall–Kier alpha value is -3.15. The molecule has 4 rings (SSSR count). The molecule has 0 unspecified atom stereocenters. The fraction of sp³-hybridized carbons (Fsp3) is 0.348. The summed E-state index contributed by atoms with van der Waals surface area (Å²) in [5.74, 6) is 2.30. The lowest BCUT2D eigenvalue weighted by Crippen LogP contribution is -2.32. The van der Waals surface area contributed by atoms with Crippen LogP contribution in [0.5, 0.6) is 5.75 Å². The Morgan fingerprint density at radius 2 is 1.97 bits per heavy atom. The Bertz CT molecular complexity index is 979. The summed E-state index contributed by atoms with van der Waals surface area (Å²) in [6, 6.07) is 16.0. The molecule has 1 amide bonds. The summed E-state index contributed by atoms with van der Waals surface area (Å²) in [5.41, 5.74) is 3.20. The fourth-order valence-corrected chi connectivity index (χ4v) is 3.47. The first kappa shape index (κ1) is 19.2. The Labute approximate surface area is 170 Å². The second-order valence-corrected chi connectivity index (χ2v) is 7.58. The fourth-order valence-electron chi connectivity index (χ4n) is 3.47. The third-order valence-electron chi connectivity index (χ3n) is 5.16. The monoisotopic (exact) mass is 391 g/mol. The van der Waals surface area contributed by atoms with Gasteiger partial charge in [0.25, 0.3) is 0 Å². The SMILES string of the molecule is CC(C)c1ccc(-c2noc(CCC(=O)N[C@H]3CCOc4ccccc43)n2)cc1. The van der Waals surface area contributed by atoms with E-state index in [1.54, 1.807) is 0 Å². The molecule has 29 heavy (non-hydrogen) atoms. The van der Waals surface area contributed by atoms with Gasteiger partial charge in [-0.1, -0.05) is 61.5 Å². The highest BCUT2D eigenvalue weighted by Crippen LogP contribution is 2.31. The minimum atomic E-state index is -0.0345. The van der Waals surface area contributed by atoms with E-state index in [9.17, 15) is 4.79 Å². The molecule has 0 bridgehead atoms. The zero-order valence-electron chi connectivity index (χ0n) is 16.7. The van der Waals surface area contributed by atoms with Gasteiger partial charge in [-0.3, -0.25) is 4.79 Å². The third kappa shape index (κ3) is 4.47. The molecule has 0 saturated carbocycles. The van der Waals surface area contributed by atoms with Crippen LogP contribution in [0.3, 0.4) is 0 Å². The number of hydrogen-bond acceptors (Lipinski definition) is 5. The van der Waals surface area contributed by atoms with Crippen LogP contribution in [0.15, 0.2) is 53.1 Å². The molecule has 1 aromatic heterocycles. The summed E-state index contributed by atoms with van der Waals surface area (Å²) < 4.78 is 11.0. The highest BCUT2D eigenvalue weighted by atomic mass is 16.5. The number of carbonyl (C=O) groups is 1. The first-order valence-electron chi connectivity index (χ1n) is 10.0. The Morgan fingerprint density at radius 3 is 2.76 bits per heavy atom. The second-order valence-electron chi connectivity index (χ2n) is 7.58. The number of fused-ring (bicyclic) bond motifs is 1. The number of rotatable bonds is 6. The molecule has 1 atom stereocenters. The van der Waals surface area contributed by atoms with Crippen LogP contribution in [-0.2, 0) is 11.2 Å². The molecule has 6 nitrogen and oxygen atoms in total. The van der Waals surface area contributed by atoms with Crippen LogP contribution in [0.1, 0.15) is 55.7 Å². The molecule has 0 radical (unpaired) electrons. The van der Waals surface area contributed by atoms with Crippen molar-refractivity contribution in [3.63, 3.8) is 0 Å². The van der Waals surface area contributed by atoms with Gasteiger partial charge in [0.1, 0.15) is 5.75 Å². The Balaban J connectivity index is 1.34. The van der Waals surface area contributed by atoms with Gasteiger partial charge in [0.15, 0.2) is 0 Å². The smallest absolute Gasteiger partial charge is 0.227 e. The second kappa shape index (κ2) is 8.47. The maximum Gasteiger partial charge on any atom is 0.227 e. The van der Waals surface area contributed by atoms with E-state index in [1.807, 2.05) is 36.4 Å². The maximum absolute atomic E-state index is 12.4. The lowest BCUT2D eigenvalue weighted by molar-refractivity contribution is -0.122. The van der Waals surface area contributed by atoms with Gasteiger partial charge < -0.3 is 14.6 Å². The molecular formula is C23H25N3O3. The molecule has 2 aromatic carbocycles. The van der Waals surface area contributed by atoms with Crippen LogP contribution >= 0.6 is 0 Å². The number of para-hydroxylation sites is 1. The highest BCUT2D eigenvalue weighted by Gasteiger charge is 2.22. The van der Waals surface area contributed by atoms with Crippen molar-refractivity contribution in [2.24, 2.45) is 0 Å². The van der Waals surface area contributed by atoms with E-state index in [2.05, 4.69) is 41.4 Å². The van der Waals surface area contributed by atoms with E-state index >= 15 is 0 Å². The van der Waals surface area contributed by atoms with Crippen LogP contribution < -0.4 is 10.1 Å². The van der Waals surface area contributed by atoms with Gasteiger partial charge in [0.05, 0.1) is 12.6 Å². The number of nitrogens with one attached hydrogen (secondary N) is 1. The Morgan fingerprint density at radius 1 is 1.17 bits per heavy atom. The number of amides is 1. The summed E-state index contributed by atoms with van der Waals surface area (Å²) >= 11 is 0. The minimum absolute atomic E-state index is 0.0230. The lowest BCUT2D eigenvalue weighted by Gasteiger charge is -2.26. The van der Waals surface area contributed by atoms with Gasteiger partial charge in [-0.05, 0) is 17.5 Å². The van der Waals surface area contributed by atoms with Crippen molar-refractivity contribution in [1.82, 2.24) is 15.5 Å². The van der Waals surface area contributed by atoms with Crippen molar-refractivity contribution in [1.29, 1.82) is 0 Å². The van der Waals surface area contributed by atoms with Crippen LogP contribution in [-0.4, -0.2) is 22.7 Å². The summed E-state index contributed by atoms with van der Waals surface area (Å²) in [5, 5.41) is 7.14. The normalized spacial score (nSPS) is 15.6. The molecular weight excluding hydrogens is 366 g/mol. The van der Waals surface area contributed by atoms with Gasteiger partial charge in [-0.25, -0.2) is 0 Å². The molecule has 0 aliphatic carbocycles. The molecule has 1 aliphatic heterocycles. The standard InChI is InChI=1S/C23H25N3O3/c1-15(2)16-7-9-17(10-8-16)23-25-22(29-26-23)12-11-21(27)24-19-13-14-28-20-6-4-3-5-18(19)20/h3-10,15,19H,11-14H2,1-2H3,(H,24,27)/t19-/m0/s1. The predicted octanol–water partition coefficient (Wildman–Crippen LogP) is 4.43. The van der Waals surface area contributed by atoms with E-state index in [0.717, 1.165) is 23.3 Å². The number of carbonyl (C=O) groups excluding carboxylic acids is 1. The summed E-state index contributed by atoms with van der Waals surface area (Å²) in [6.07, 6.45) is 1.47. The predicted molar refractivity (Wildman–Crippen MR) is 110 cm³/mol. The van der Waals surface area contributed by atoms with Gasteiger partial charge in [-0.2, -0.15) is 4.98 Å². The molecule has 1 aliphatic rings. The van der Waals surface area contributed by atoms with Crippen molar-refractivity contribution in [2.45, 2.75) is 45.1 Å². The first-order valence-corrected chi connectivity index (χ1v) is 10.0. The molecule has 0 spiro atoms. The van der Waals surface area contributed by atoms with Gasteiger partial charge in [0.2, 0.25) is 17.6 Å². The number of ether oxygens (including phenoxy) is 1. The van der Waals surface area contributed by atoms with Gasteiger partial charge in [-0.15, -0.1) is 0 Å². The quantitative estimate of drug-likeness (QED) is 0.672. The highest BCUT2D eigenvalue weighted by molar-refractivity contribution is 5.76. The molecule has 0 saturated heterocycles. The molecule has 3 aromatic rings. The molecule has 2 heterocycles.